The smallest absolute Gasteiger partial charge is 0.254 e. The van der Waals surface area contributed by atoms with Crippen LogP contribution >= 0.6 is 15.9 Å². The van der Waals surface area contributed by atoms with E-state index in [1.165, 1.54) is 0 Å². The number of carbonyl (C=O) groups excluding carboxylic acids is 1. The molecule has 3 N–H and O–H groups in total. The zero-order chi connectivity index (χ0) is 14.4. The number of sulfonamides is 1. The first-order chi connectivity index (χ1) is 8.62. The standard InChI is InChI=1S/C11H12BrFN2O3S/c1-11(2-3-11)15-10(16)6-4-9(19(14,17)18)7(12)5-8(6)13/h4-5H,2-3H2,1H3,(H,15,16)(H2,14,17,18). The lowest BCUT2D eigenvalue weighted by molar-refractivity contribution is 0.0931. The van der Waals surface area contributed by atoms with Gasteiger partial charge in [-0.15, -0.1) is 0 Å². The molecule has 0 unspecified atom stereocenters. The van der Waals surface area contributed by atoms with Crippen LogP contribution in [0.3, 0.4) is 0 Å². The minimum atomic E-state index is -4.03. The highest BCUT2D eigenvalue weighted by Gasteiger charge is 2.39. The second-order valence-electron chi connectivity index (χ2n) is 4.82. The van der Waals surface area contributed by atoms with Crippen LogP contribution in [0.5, 0.6) is 0 Å². The molecule has 0 aliphatic heterocycles. The van der Waals surface area contributed by atoms with Crippen molar-refractivity contribution < 1.29 is 17.6 Å². The molecule has 0 bridgehead atoms. The minimum absolute atomic E-state index is 0.0123. The highest BCUT2D eigenvalue weighted by atomic mass is 79.9. The predicted octanol–water partition coefficient (Wildman–Crippen LogP) is 1.52. The molecule has 0 saturated heterocycles. The van der Waals surface area contributed by atoms with Gasteiger partial charge in [0, 0.05) is 10.0 Å². The van der Waals surface area contributed by atoms with Gasteiger partial charge in [-0.3, -0.25) is 4.79 Å². The lowest BCUT2D eigenvalue weighted by atomic mass is 10.2. The molecule has 5 nitrogen and oxygen atoms in total. The van der Waals surface area contributed by atoms with E-state index < -0.39 is 21.7 Å². The summed E-state index contributed by atoms with van der Waals surface area (Å²) in [5.41, 5.74) is -0.654. The number of halogens is 2. The molecule has 8 heteroatoms. The van der Waals surface area contributed by atoms with Crippen LogP contribution in [-0.2, 0) is 10.0 Å². The lowest BCUT2D eigenvalue weighted by Gasteiger charge is -2.13. The number of amides is 1. The second-order valence-corrected chi connectivity index (χ2v) is 7.21. The van der Waals surface area contributed by atoms with Gasteiger partial charge in [0.05, 0.1) is 10.5 Å². The zero-order valence-electron chi connectivity index (χ0n) is 10.0. The number of nitrogens with two attached hydrogens (primary N) is 1. The van der Waals surface area contributed by atoms with Gasteiger partial charge in [0.15, 0.2) is 0 Å². The van der Waals surface area contributed by atoms with Crippen molar-refractivity contribution >= 4 is 31.9 Å². The lowest BCUT2D eigenvalue weighted by Crippen LogP contribution is -2.35. The maximum absolute atomic E-state index is 13.7. The van der Waals surface area contributed by atoms with E-state index in [1.54, 1.807) is 0 Å². The van der Waals surface area contributed by atoms with E-state index in [1.807, 2.05) is 6.92 Å². The number of rotatable bonds is 3. The number of hydrogen-bond donors (Lipinski definition) is 2. The summed E-state index contributed by atoms with van der Waals surface area (Å²) in [5, 5.41) is 7.66. The Morgan fingerprint density at radius 1 is 1.47 bits per heavy atom. The third-order valence-electron chi connectivity index (χ3n) is 2.99. The second kappa shape index (κ2) is 4.53. The summed E-state index contributed by atoms with van der Waals surface area (Å²) in [6, 6.07) is 1.86. The van der Waals surface area contributed by atoms with Crippen molar-refractivity contribution in [1.29, 1.82) is 0 Å². The SMILES string of the molecule is CC1(NC(=O)c2cc(S(N)(=O)=O)c(Br)cc2F)CC1. The monoisotopic (exact) mass is 350 g/mol. The van der Waals surface area contributed by atoms with Gasteiger partial charge in [-0.2, -0.15) is 0 Å². The molecule has 0 atom stereocenters. The van der Waals surface area contributed by atoms with Crippen LogP contribution in [0, 0.1) is 5.82 Å². The van der Waals surface area contributed by atoms with Gasteiger partial charge >= 0.3 is 0 Å². The van der Waals surface area contributed by atoms with E-state index in [0.717, 1.165) is 25.0 Å². The average molecular weight is 351 g/mol. The highest BCUT2D eigenvalue weighted by Crippen LogP contribution is 2.35. The fraction of sp³-hybridized carbons (Fsp3) is 0.364. The van der Waals surface area contributed by atoms with Crippen molar-refractivity contribution in [3.05, 3.63) is 28.0 Å². The quantitative estimate of drug-likeness (QED) is 0.865. The Hall–Kier alpha value is -0.990. The molecule has 1 amide bonds. The van der Waals surface area contributed by atoms with Gasteiger partial charge in [-0.1, -0.05) is 0 Å². The van der Waals surface area contributed by atoms with Crippen LogP contribution in [0.2, 0.25) is 0 Å². The maximum Gasteiger partial charge on any atom is 0.254 e. The molecule has 1 saturated carbocycles. The first-order valence-electron chi connectivity index (χ1n) is 5.47. The summed E-state index contributed by atoms with van der Waals surface area (Å²) in [6.07, 6.45) is 1.64. The van der Waals surface area contributed by atoms with Crippen molar-refractivity contribution in [2.24, 2.45) is 5.14 Å². The number of hydrogen-bond acceptors (Lipinski definition) is 3. The molecule has 1 aliphatic carbocycles. The van der Waals surface area contributed by atoms with Crippen LogP contribution in [-0.4, -0.2) is 19.9 Å². The number of nitrogens with one attached hydrogen (secondary N) is 1. The largest absolute Gasteiger partial charge is 0.347 e. The van der Waals surface area contributed by atoms with E-state index >= 15 is 0 Å². The Morgan fingerprint density at radius 3 is 2.53 bits per heavy atom. The number of benzene rings is 1. The Labute approximate surface area is 118 Å². The Balaban J connectivity index is 2.43. The topological polar surface area (TPSA) is 89.3 Å². The van der Waals surface area contributed by atoms with Crippen molar-refractivity contribution in [3.63, 3.8) is 0 Å². The molecule has 19 heavy (non-hydrogen) atoms. The molecule has 1 aromatic carbocycles. The summed E-state index contributed by atoms with van der Waals surface area (Å²) in [7, 11) is -4.03. The van der Waals surface area contributed by atoms with Crippen molar-refractivity contribution in [2.45, 2.75) is 30.2 Å². The van der Waals surface area contributed by atoms with E-state index in [0.29, 0.717) is 0 Å². The maximum atomic E-state index is 13.7. The van der Waals surface area contributed by atoms with E-state index in [4.69, 9.17) is 5.14 Å². The molecule has 104 valence electrons. The molecule has 0 radical (unpaired) electrons. The molecule has 0 aromatic heterocycles. The number of carbonyl (C=O) groups is 1. The van der Waals surface area contributed by atoms with Gasteiger partial charge in [-0.05, 0) is 47.8 Å². The van der Waals surface area contributed by atoms with Crippen LogP contribution in [0.4, 0.5) is 4.39 Å². The summed E-state index contributed by atoms with van der Waals surface area (Å²) < 4.78 is 36.4. The normalized spacial score (nSPS) is 17.1. The molecule has 1 aromatic rings. The third-order valence-corrected chi connectivity index (χ3v) is 4.86. The van der Waals surface area contributed by atoms with Crippen LogP contribution in [0.15, 0.2) is 21.5 Å². The van der Waals surface area contributed by atoms with Crippen LogP contribution < -0.4 is 10.5 Å². The van der Waals surface area contributed by atoms with Crippen LogP contribution in [0.1, 0.15) is 30.1 Å². The molecule has 0 heterocycles. The summed E-state index contributed by atoms with van der Waals surface area (Å²) >= 11 is 2.91. The van der Waals surface area contributed by atoms with Crippen molar-refractivity contribution in [1.82, 2.24) is 5.32 Å². The van der Waals surface area contributed by atoms with Crippen molar-refractivity contribution in [2.75, 3.05) is 0 Å². The average Bonchev–Trinajstić information content (AvgIpc) is 2.93. The molecule has 2 rings (SSSR count). The van der Waals surface area contributed by atoms with Gasteiger partial charge in [0.2, 0.25) is 10.0 Å². The van der Waals surface area contributed by atoms with E-state index in [2.05, 4.69) is 21.2 Å². The predicted molar refractivity (Wildman–Crippen MR) is 70.6 cm³/mol. The summed E-state index contributed by atoms with van der Waals surface area (Å²) in [6.45, 7) is 1.84. The van der Waals surface area contributed by atoms with Gasteiger partial charge in [0.25, 0.3) is 5.91 Å². The molecular weight excluding hydrogens is 339 g/mol. The first-order valence-corrected chi connectivity index (χ1v) is 7.81. The van der Waals surface area contributed by atoms with Crippen LogP contribution in [0.25, 0.3) is 0 Å². The number of primary sulfonamides is 1. The molecule has 1 fully saturated rings. The van der Waals surface area contributed by atoms with E-state index in [-0.39, 0.29) is 20.5 Å². The third kappa shape index (κ3) is 3.13. The molecular formula is C11H12BrFN2O3S. The summed E-state index contributed by atoms with van der Waals surface area (Å²) in [5.74, 6) is -1.45. The molecule has 1 aliphatic rings. The van der Waals surface area contributed by atoms with Gasteiger partial charge < -0.3 is 5.32 Å². The van der Waals surface area contributed by atoms with Crippen molar-refractivity contribution in [3.8, 4) is 0 Å². The van der Waals surface area contributed by atoms with E-state index in [9.17, 15) is 17.6 Å². The molecule has 0 spiro atoms. The fourth-order valence-corrected chi connectivity index (χ4v) is 3.18. The minimum Gasteiger partial charge on any atom is -0.347 e. The Bertz CT molecular complexity index is 656. The Kier molecular flexibility index (Phi) is 3.44. The Morgan fingerprint density at radius 2 is 2.05 bits per heavy atom. The first kappa shape index (κ1) is 14.4. The zero-order valence-corrected chi connectivity index (χ0v) is 12.4. The van der Waals surface area contributed by atoms with Gasteiger partial charge in [0.1, 0.15) is 5.82 Å². The summed E-state index contributed by atoms with van der Waals surface area (Å²) in [4.78, 5) is 11.6. The highest BCUT2D eigenvalue weighted by molar-refractivity contribution is 9.10. The van der Waals surface area contributed by atoms with Gasteiger partial charge in [-0.25, -0.2) is 17.9 Å². The fourth-order valence-electron chi connectivity index (χ4n) is 1.58.